The number of hydrogen-bond donors (Lipinski definition) is 0. The number of furan rings is 1. The van der Waals surface area contributed by atoms with Gasteiger partial charge in [-0.1, -0.05) is 45.5 Å². The van der Waals surface area contributed by atoms with Crippen molar-refractivity contribution >= 4 is 39.3 Å². The fourth-order valence-corrected chi connectivity index (χ4v) is 5.69. The molecule has 1 aliphatic rings. The minimum Gasteiger partial charge on any atom is -0.490 e. The van der Waals surface area contributed by atoms with Crippen LogP contribution in [0.15, 0.2) is 85.0 Å². The highest BCUT2D eigenvalue weighted by molar-refractivity contribution is 9.10. The van der Waals surface area contributed by atoms with Crippen LogP contribution >= 0.6 is 27.3 Å². The van der Waals surface area contributed by atoms with Crippen LogP contribution in [0.2, 0.25) is 0 Å². The maximum absolute atomic E-state index is 13.8. The molecule has 5 rings (SSSR count). The van der Waals surface area contributed by atoms with Crippen LogP contribution in [0.5, 0.6) is 11.5 Å². The SMILES string of the molecule is CCOc1ccc([C@H]2C(C(=O)OC)=CN=c3s/c(=C/c4ccc(-c5cccc(Br)c5)o4)c(=O)n32)cc1OCC. The van der Waals surface area contributed by atoms with E-state index in [4.69, 9.17) is 18.6 Å². The summed E-state index contributed by atoms with van der Waals surface area (Å²) < 4.78 is 25.4. The van der Waals surface area contributed by atoms with Gasteiger partial charge in [0, 0.05) is 22.3 Å². The summed E-state index contributed by atoms with van der Waals surface area (Å²) in [6.45, 7) is 4.66. The molecular weight excluding hydrogens is 584 g/mol. The van der Waals surface area contributed by atoms with Crippen molar-refractivity contribution in [3.63, 3.8) is 0 Å². The molecule has 0 N–H and O–H groups in total. The van der Waals surface area contributed by atoms with Crippen LogP contribution in [-0.4, -0.2) is 30.9 Å². The Morgan fingerprint density at radius 1 is 1.10 bits per heavy atom. The highest BCUT2D eigenvalue weighted by Gasteiger charge is 2.31. The smallest absolute Gasteiger partial charge is 0.337 e. The second-order valence-electron chi connectivity index (χ2n) is 8.46. The average Bonchev–Trinajstić information content (AvgIpc) is 3.53. The predicted octanol–water partition coefficient (Wildman–Crippen LogP) is 4.84. The highest BCUT2D eigenvalue weighted by atomic mass is 79.9. The number of hydrogen-bond acceptors (Lipinski definition) is 8. The molecule has 10 heteroatoms. The summed E-state index contributed by atoms with van der Waals surface area (Å²) in [6.07, 6.45) is 3.15. The lowest BCUT2D eigenvalue weighted by Crippen LogP contribution is -2.39. The number of carbonyl (C=O) groups is 1. The number of methoxy groups -OCH3 is 1. The van der Waals surface area contributed by atoms with Crippen LogP contribution in [0.4, 0.5) is 0 Å². The van der Waals surface area contributed by atoms with E-state index in [-0.39, 0.29) is 11.1 Å². The Balaban J connectivity index is 1.61. The maximum atomic E-state index is 13.8. The predicted molar refractivity (Wildman–Crippen MR) is 152 cm³/mol. The largest absolute Gasteiger partial charge is 0.490 e. The molecule has 0 saturated carbocycles. The molecule has 0 amide bonds. The number of fused-ring (bicyclic) bond motifs is 1. The zero-order chi connectivity index (χ0) is 27.5. The standard InChI is InChI=1S/C29H25BrN2O6S/c1-4-36-23-11-9-18(14-24(23)37-5-2)26-21(28(34)35-3)16-31-29-32(26)27(33)25(39-29)15-20-10-12-22(38-20)17-7-6-8-19(30)13-17/h6-16,26H,4-5H2,1-3H3/b25-15+/t26-/m0/s1. The van der Waals surface area contributed by atoms with Gasteiger partial charge in [0.1, 0.15) is 11.5 Å². The number of ether oxygens (including phenoxy) is 3. The molecule has 0 unspecified atom stereocenters. The van der Waals surface area contributed by atoms with Gasteiger partial charge in [-0.25, -0.2) is 9.79 Å². The van der Waals surface area contributed by atoms with Crippen LogP contribution in [0.25, 0.3) is 17.4 Å². The Bertz CT molecular complexity index is 1750. The van der Waals surface area contributed by atoms with Crippen molar-refractivity contribution in [3.8, 4) is 22.8 Å². The second kappa shape index (κ2) is 11.5. The molecule has 1 aliphatic heterocycles. The Morgan fingerprint density at radius 3 is 2.64 bits per heavy atom. The molecule has 0 fully saturated rings. The third kappa shape index (κ3) is 5.35. The van der Waals surface area contributed by atoms with E-state index in [1.807, 2.05) is 56.3 Å². The number of nitrogens with zero attached hydrogens (tertiary/aromatic N) is 2. The average molecular weight is 609 g/mol. The first kappa shape index (κ1) is 26.7. The van der Waals surface area contributed by atoms with E-state index in [1.165, 1.54) is 29.2 Å². The summed E-state index contributed by atoms with van der Waals surface area (Å²) in [5.41, 5.74) is 1.51. The number of halogens is 1. The monoisotopic (exact) mass is 608 g/mol. The Morgan fingerprint density at radius 2 is 1.90 bits per heavy atom. The van der Waals surface area contributed by atoms with Gasteiger partial charge in [-0.05, 0) is 55.8 Å². The molecule has 0 radical (unpaired) electrons. The third-order valence-corrected chi connectivity index (χ3v) is 7.51. The lowest BCUT2D eigenvalue weighted by molar-refractivity contribution is -0.136. The molecule has 0 aliphatic carbocycles. The van der Waals surface area contributed by atoms with Crippen LogP contribution < -0.4 is 24.4 Å². The Labute approximate surface area is 236 Å². The van der Waals surface area contributed by atoms with Gasteiger partial charge in [-0.3, -0.25) is 9.36 Å². The number of benzene rings is 2. The van der Waals surface area contributed by atoms with Gasteiger partial charge in [0.2, 0.25) is 0 Å². The van der Waals surface area contributed by atoms with Crippen LogP contribution in [0.3, 0.4) is 0 Å². The maximum Gasteiger partial charge on any atom is 0.337 e. The van der Waals surface area contributed by atoms with E-state index >= 15 is 0 Å². The fourth-order valence-electron chi connectivity index (χ4n) is 4.34. The summed E-state index contributed by atoms with van der Waals surface area (Å²) in [4.78, 5) is 31.4. The highest BCUT2D eigenvalue weighted by Crippen LogP contribution is 2.35. The van der Waals surface area contributed by atoms with Gasteiger partial charge in [-0.2, -0.15) is 0 Å². The van der Waals surface area contributed by atoms with Crippen molar-refractivity contribution in [3.05, 3.63) is 102 Å². The number of thiazole rings is 1. The topological polar surface area (TPSA) is 92.3 Å². The van der Waals surface area contributed by atoms with E-state index in [2.05, 4.69) is 20.9 Å². The quantitative estimate of drug-likeness (QED) is 0.266. The molecule has 3 heterocycles. The molecule has 1 atom stereocenters. The van der Waals surface area contributed by atoms with Gasteiger partial charge < -0.3 is 18.6 Å². The minimum absolute atomic E-state index is 0.234. The third-order valence-electron chi connectivity index (χ3n) is 6.02. The van der Waals surface area contributed by atoms with E-state index < -0.39 is 12.0 Å². The van der Waals surface area contributed by atoms with E-state index in [1.54, 1.807) is 18.2 Å². The van der Waals surface area contributed by atoms with Gasteiger partial charge in [0.25, 0.3) is 5.56 Å². The summed E-state index contributed by atoms with van der Waals surface area (Å²) in [7, 11) is 1.30. The normalized spacial score (nSPS) is 14.8. The molecule has 200 valence electrons. The zero-order valence-corrected chi connectivity index (χ0v) is 23.9. The van der Waals surface area contributed by atoms with Crippen molar-refractivity contribution in [2.75, 3.05) is 20.3 Å². The van der Waals surface area contributed by atoms with E-state index in [0.29, 0.717) is 51.1 Å². The number of rotatable bonds is 8. The van der Waals surface area contributed by atoms with Gasteiger partial charge in [-0.15, -0.1) is 0 Å². The molecule has 0 bridgehead atoms. The first-order chi connectivity index (χ1) is 18.9. The lowest BCUT2D eigenvalue weighted by Gasteiger charge is -2.23. The van der Waals surface area contributed by atoms with Crippen molar-refractivity contribution in [1.29, 1.82) is 0 Å². The Hall–Kier alpha value is -3.89. The molecule has 0 spiro atoms. The number of aromatic nitrogens is 1. The van der Waals surface area contributed by atoms with Crippen LogP contribution in [0.1, 0.15) is 31.2 Å². The number of esters is 1. The van der Waals surface area contributed by atoms with E-state index in [0.717, 1.165) is 10.0 Å². The van der Waals surface area contributed by atoms with Crippen molar-refractivity contribution < 1.29 is 23.4 Å². The van der Waals surface area contributed by atoms with Gasteiger partial charge >= 0.3 is 5.97 Å². The molecule has 39 heavy (non-hydrogen) atoms. The van der Waals surface area contributed by atoms with Crippen molar-refractivity contribution in [2.45, 2.75) is 19.9 Å². The van der Waals surface area contributed by atoms with Gasteiger partial charge in [0.05, 0.1) is 36.5 Å². The summed E-state index contributed by atoms with van der Waals surface area (Å²) in [6, 6.07) is 16.1. The first-order valence-corrected chi connectivity index (χ1v) is 13.9. The molecular formula is C29H25BrN2O6S. The fraction of sp³-hybridized carbons (Fsp3) is 0.207. The summed E-state index contributed by atoms with van der Waals surface area (Å²) in [5, 5.41) is 0. The summed E-state index contributed by atoms with van der Waals surface area (Å²) >= 11 is 4.69. The van der Waals surface area contributed by atoms with Gasteiger partial charge in [0.15, 0.2) is 16.3 Å². The first-order valence-electron chi connectivity index (χ1n) is 12.3. The summed E-state index contributed by atoms with van der Waals surface area (Å²) in [5.74, 6) is 1.74. The van der Waals surface area contributed by atoms with Crippen molar-refractivity contribution in [2.24, 2.45) is 4.99 Å². The van der Waals surface area contributed by atoms with Crippen LogP contribution in [0, 0.1) is 0 Å². The number of carbonyl (C=O) groups excluding carboxylic acids is 1. The zero-order valence-electron chi connectivity index (χ0n) is 21.5. The lowest BCUT2D eigenvalue weighted by atomic mass is 9.97. The Kier molecular flexibility index (Phi) is 7.85. The van der Waals surface area contributed by atoms with E-state index in [9.17, 15) is 9.59 Å². The molecule has 8 nitrogen and oxygen atoms in total. The molecule has 4 aromatic rings. The van der Waals surface area contributed by atoms with Crippen LogP contribution in [-0.2, 0) is 9.53 Å². The molecule has 2 aromatic carbocycles. The van der Waals surface area contributed by atoms with Crippen molar-refractivity contribution in [1.82, 2.24) is 4.57 Å². The second-order valence-corrected chi connectivity index (χ2v) is 10.4. The molecule has 2 aromatic heterocycles. The molecule has 0 saturated heterocycles. The minimum atomic E-state index is -0.764.